The molecule has 5 rings (SSSR count). The highest BCUT2D eigenvalue weighted by Crippen LogP contribution is 2.53. The summed E-state index contributed by atoms with van der Waals surface area (Å²) >= 11 is 1.90. The van der Waals surface area contributed by atoms with E-state index in [-0.39, 0.29) is 17.1 Å². The van der Waals surface area contributed by atoms with Gasteiger partial charge in [-0.25, -0.2) is 0 Å². The van der Waals surface area contributed by atoms with Gasteiger partial charge in [-0.2, -0.15) is 11.8 Å². The zero-order chi connectivity index (χ0) is 28.9. The number of carboxylic acids is 1. The zero-order valence-electron chi connectivity index (χ0n) is 24.4. The van der Waals surface area contributed by atoms with Gasteiger partial charge >= 0.3 is 5.97 Å². The summed E-state index contributed by atoms with van der Waals surface area (Å²) in [6, 6.07) is 21.3. The second-order valence-corrected chi connectivity index (χ2v) is 13.7. The third kappa shape index (κ3) is 8.11. The number of nitrogens with zero attached hydrogens (tertiary/aromatic N) is 1. The normalized spacial score (nSPS) is 17.1. The first kappa shape index (κ1) is 29.6. The van der Waals surface area contributed by atoms with Crippen molar-refractivity contribution in [3.8, 4) is 0 Å². The summed E-state index contributed by atoms with van der Waals surface area (Å²) in [5.74, 6) is 0.160. The molecular weight excluding hydrogens is 526 g/mol. The second-order valence-electron chi connectivity index (χ2n) is 12.5. The molecule has 2 aliphatic carbocycles. The van der Waals surface area contributed by atoms with Crippen molar-refractivity contribution in [3.63, 3.8) is 0 Å². The van der Waals surface area contributed by atoms with Crippen LogP contribution in [-0.4, -0.2) is 26.9 Å². The Labute approximate surface area is 249 Å². The van der Waals surface area contributed by atoms with E-state index in [4.69, 9.17) is 4.98 Å². The van der Waals surface area contributed by atoms with Gasteiger partial charge in [0, 0.05) is 16.7 Å². The Hall–Kier alpha value is -2.89. The molecule has 1 fully saturated rings. The van der Waals surface area contributed by atoms with Crippen LogP contribution in [0, 0.1) is 5.41 Å². The maximum atomic E-state index is 11.5. The van der Waals surface area contributed by atoms with Gasteiger partial charge in [0.25, 0.3) is 0 Å². The number of rotatable bonds is 12. The summed E-state index contributed by atoms with van der Waals surface area (Å²) < 4.78 is 0. The van der Waals surface area contributed by atoms with E-state index in [1.807, 2.05) is 43.8 Å². The molecule has 0 amide bonds. The van der Waals surface area contributed by atoms with E-state index in [1.54, 1.807) is 0 Å². The smallest absolute Gasteiger partial charge is 0.303 e. The number of hydrogen-bond acceptors (Lipinski definition) is 4. The Bertz CT molecular complexity index is 1390. The van der Waals surface area contributed by atoms with Gasteiger partial charge in [-0.3, -0.25) is 9.78 Å². The van der Waals surface area contributed by atoms with Crippen molar-refractivity contribution in [2.45, 2.75) is 88.9 Å². The van der Waals surface area contributed by atoms with E-state index in [1.165, 1.54) is 41.6 Å². The van der Waals surface area contributed by atoms with Crippen LogP contribution in [0.15, 0.2) is 60.7 Å². The Kier molecular flexibility index (Phi) is 9.35. The molecule has 0 unspecified atom stereocenters. The summed E-state index contributed by atoms with van der Waals surface area (Å²) in [6.45, 7) is 3.69. The molecule has 0 bridgehead atoms. The van der Waals surface area contributed by atoms with E-state index in [2.05, 4.69) is 54.6 Å². The number of hydrogen-bond donors (Lipinski definition) is 2. The largest absolute Gasteiger partial charge is 0.481 e. The van der Waals surface area contributed by atoms with Crippen molar-refractivity contribution in [2.24, 2.45) is 5.41 Å². The SMILES string of the molecule is CC(C)(O)c1ccccc1CC[C@@H](SCC1(CC(=O)O)CC1)c1cccc(/C=C/c2ccc3c(n2)CCCCC3)c1. The molecule has 5 heteroatoms. The molecule has 0 aliphatic heterocycles. The van der Waals surface area contributed by atoms with Gasteiger partial charge in [-0.15, -0.1) is 0 Å². The molecule has 1 saturated carbocycles. The predicted molar refractivity (Wildman–Crippen MR) is 170 cm³/mol. The number of pyridine rings is 1. The molecular formula is C36H43NO3S. The number of benzene rings is 2. The highest BCUT2D eigenvalue weighted by molar-refractivity contribution is 7.99. The van der Waals surface area contributed by atoms with Crippen LogP contribution in [0.1, 0.15) is 103 Å². The molecule has 2 aliphatic rings. The fraction of sp³-hybridized carbons (Fsp3) is 0.444. The van der Waals surface area contributed by atoms with Gasteiger partial charge in [0.2, 0.25) is 0 Å². The standard InChI is InChI=1S/C36H43NO3S/c1-35(2,40)31-13-7-6-10-27(31)17-20-33(41-25-36(21-22-36)24-34(38)39)29-12-8-9-26(23-29)15-18-30-19-16-28-11-4-3-5-14-32(28)37-30/h6-10,12-13,15-16,18-19,23,33,40H,3-5,11,14,17,20-22,24-25H2,1-2H3,(H,38,39)/b18-15+/t33-/m1/s1. The molecule has 3 aromatic rings. The van der Waals surface area contributed by atoms with E-state index < -0.39 is 11.6 Å². The van der Waals surface area contributed by atoms with Gasteiger partial charge in [0.1, 0.15) is 0 Å². The minimum Gasteiger partial charge on any atom is -0.481 e. The first-order valence-corrected chi connectivity index (χ1v) is 16.2. The predicted octanol–water partition coefficient (Wildman–Crippen LogP) is 8.41. The molecule has 1 atom stereocenters. The fourth-order valence-corrected chi connectivity index (χ4v) is 7.60. The van der Waals surface area contributed by atoms with Gasteiger partial charge in [0.05, 0.1) is 17.7 Å². The number of aliphatic carboxylic acids is 1. The average Bonchev–Trinajstić information content (AvgIpc) is 3.74. The maximum Gasteiger partial charge on any atom is 0.303 e. The molecule has 41 heavy (non-hydrogen) atoms. The van der Waals surface area contributed by atoms with Crippen molar-refractivity contribution in [3.05, 3.63) is 99.9 Å². The number of thioether (sulfide) groups is 1. The van der Waals surface area contributed by atoms with Crippen molar-refractivity contribution < 1.29 is 15.0 Å². The van der Waals surface area contributed by atoms with E-state index in [0.717, 1.165) is 61.1 Å². The molecule has 4 nitrogen and oxygen atoms in total. The number of carbonyl (C=O) groups is 1. The van der Waals surface area contributed by atoms with Crippen LogP contribution in [0.4, 0.5) is 0 Å². The molecule has 216 valence electrons. The van der Waals surface area contributed by atoms with Gasteiger partial charge < -0.3 is 10.2 Å². The minimum atomic E-state index is -0.895. The summed E-state index contributed by atoms with van der Waals surface area (Å²) in [4.78, 5) is 16.5. The number of aryl methyl sites for hydroxylation is 3. The van der Waals surface area contributed by atoms with E-state index in [9.17, 15) is 15.0 Å². The lowest BCUT2D eigenvalue weighted by molar-refractivity contribution is -0.138. The summed E-state index contributed by atoms with van der Waals surface area (Å²) in [7, 11) is 0. The van der Waals surface area contributed by atoms with E-state index >= 15 is 0 Å². The summed E-state index contributed by atoms with van der Waals surface area (Å²) in [6.07, 6.45) is 14.3. The van der Waals surface area contributed by atoms with Crippen molar-refractivity contribution >= 4 is 29.9 Å². The monoisotopic (exact) mass is 569 g/mol. The number of carboxylic acid groups (broad SMARTS) is 1. The van der Waals surface area contributed by atoms with Gasteiger partial charge in [-0.1, -0.05) is 67.1 Å². The fourth-order valence-electron chi connectivity index (χ4n) is 6.03. The summed E-state index contributed by atoms with van der Waals surface area (Å²) in [5, 5.41) is 20.4. The quantitative estimate of drug-likeness (QED) is 0.214. The maximum absolute atomic E-state index is 11.5. The molecule has 0 radical (unpaired) electrons. The topological polar surface area (TPSA) is 70.4 Å². The van der Waals surface area contributed by atoms with Crippen LogP contribution in [-0.2, 0) is 29.7 Å². The Morgan fingerprint density at radius 3 is 2.61 bits per heavy atom. The average molecular weight is 570 g/mol. The van der Waals surface area contributed by atoms with Crippen LogP contribution >= 0.6 is 11.8 Å². The number of fused-ring (bicyclic) bond motifs is 1. The first-order chi connectivity index (χ1) is 19.7. The van der Waals surface area contributed by atoms with Crippen LogP contribution in [0.25, 0.3) is 12.2 Å². The Morgan fingerprint density at radius 2 is 1.83 bits per heavy atom. The third-order valence-electron chi connectivity index (χ3n) is 8.61. The van der Waals surface area contributed by atoms with Gasteiger partial charge in [0.15, 0.2) is 0 Å². The number of aromatic nitrogens is 1. The molecule has 0 spiro atoms. The van der Waals surface area contributed by atoms with Crippen LogP contribution in [0.3, 0.4) is 0 Å². The van der Waals surface area contributed by atoms with Crippen LogP contribution in [0.2, 0.25) is 0 Å². The van der Waals surface area contributed by atoms with Crippen LogP contribution in [0.5, 0.6) is 0 Å². The van der Waals surface area contributed by atoms with Crippen molar-refractivity contribution in [1.29, 1.82) is 0 Å². The molecule has 1 aromatic heterocycles. The molecule has 0 saturated heterocycles. The lowest BCUT2D eigenvalue weighted by Crippen LogP contribution is -2.18. The molecule has 1 heterocycles. The lowest BCUT2D eigenvalue weighted by atomic mass is 9.90. The highest BCUT2D eigenvalue weighted by Gasteiger charge is 2.44. The van der Waals surface area contributed by atoms with Gasteiger partial charge in [-0.05, 0) is 111 Å². The minimum absolute atomic E-state index is 0.0613. The molecule has 2 N–H and O–H groups in total. The molecule has 2 aromatic carbocycles. The Balaban J connectivity index is 1.35. The van der Waals surface area contributed by atoms with Crippen molar-refractivity contribution in [2.75, 3.05) is 5.75 Å². The third-order valence-corrected chi connectivity index (χ3v) is 10.3. The lowest BCUT2D eigenvalue weighted by Gasteiger charge is -2.24. The zero-order valence-corrected chi connectivity index (χ0v) is 25.3. The van der Waals surface area contributed by atoms with Crippen LogP contribution < -0.4 is 0 Å². The number of aliphatic hydroxyl groups is 1. The second kappa shape index (κ2) is 13.0. The van der Waals surface area contributed by atoms with Crippen molar-refractivity contribution in [1.82, 2.24) is 4.98 Å². The van der Waals surface area contributed by atoms with E-state index in [0.29, 0.717) is 0 Å². The summed E-state index contributed by atoms with van der Waals surface area (Å²) in [5.41, 5.74) is 7.27. The highest BCUT2D eigenvalue weighted by atomic mass is 32.2. The first-order valence-electron chi connectivity index (χ1n) is 15.1. The Morgan fingerprint density at radius 1 is 1.02 bits per heavy atom.